The molecule has 0 atom stereocenters. The molecular formula is C15H14Cl3N. The highest BCUT2D eigenvalue weighted by molar-refractivity contribution is 6.42. The van der Waals surface area contributed by atoms with Gasteiger partial charge in [0.25, 0.3) is 0 Å². The predicted molar refractivity (Wildman–Crippen MR) is 84.3 cm³/mol. The zero-order chi connectivity index (χ0) is 13.8. The summed E-state index contributed by atoms with van der Waals surface area (Å²) in [6, 6.07) is 11.6. The van der Waals surface area contributed by atoms with Crippen molar-refractivity contribution < 1.29 is 0 Å². The van der Waals surface area contributed by atoms with Gasteiger partial charge in [-0.1, -0.05) is 53.9 Å². The van der Waals surface area contributed by atoms with E-state index in [1.54, 1.807) is 6.07 Å². The Bertz CT molecular complexity index is 582. The number of halogens is 3. The van der Waals surface area contributed by atoms with Crippen LogP contribution in [0, 0.1) is 0 Å². The van der Waals surface area contributed by atoms with Gasteiger partial charge in [-0.3, -0.25) is 0 Å². The van der Waals surface area contributed by atoms with Crippen LogP contribution in [0.25, 0.3) is 11.1 Å². The van der Waals surface area contributed by atoms with Crippen LogP contribution >= 0.6 is 34.8 Å². The zero-order valence-electron chi connectivity index (χ0n) is 10.5. The average Bonchev–Trinajstić information content (AvgIpc) is 2.41. The van der Waals surface area contributed by atoms with Crippen LogP contribution in [0.2, 0.25) is 15.1 Å². The fourth-order valence-corrected chi connectivity index (χ4v) is 2.31. The van der Waals surface area contributed by atoms with E-state index in [0.29, 0.717) is 10.0 Å². The van der Waals surface area contributed by atoms with Crippen molar-refractivity contribution in [1.82, 2.24) is 5.32 Å². The fourth-order valence-electron chi connectivity index (χ4n) is 1.83. The monoisotopic (exact) mass is 313 g/mol. The van der Waals surface area contributed by atoms with Gasteiger partial charge in [0.2, 0.25) is 0 Å². The summed E-state index contributed by atoms with van der Waals surface area (Å²) >= 11 is 18.2. The quantitative estimate of drug-likeness (QED) is 0.794. The summed E-state index contributed by atoms with van der Waals surface area (Å²) in [7, 11) is 0. The molecule has 2 aromatic rings. The first-order valence-electron chi connectivity index (χ1n) is 6.06. The molecule has 0 heterocycles. The lowest BCUT2D eigenvalue weighted by Crippen LogP contribution is -2.12. The van der Waals surface area contributed by atoms with E-state index < -0.39 is 0 Å². The molecule has 0 saturated heterocycles. The first kappa shape index (κ1) is 14.7. The van der Waals surface area contributed by atoms with E-state index in [1.807, 2.05) is 24.3 Å². The SMILES string of the molecule is CCNCc1cc(-c2ccc(Cl)c(Cl)c2)ccc1Cl. The van der Waals surface area contributed by atoms with Crippen LogP contribution in [0.3, 0.4) is 0 Å². The minimum Gasteiger partial charge on any atom is -0.313 e. The Labute approximate surface area is 128 Å². The fraction of sp³-hybridized carbons (Fsp3) is 0.200. The van der Waals surface area contributed by atoms with Gasteiger partial charge in [0.1, 0.15) is 0 Å². The summed E-state index contributed by atoms with van der Waals surface area (Å²) in [4.78, 5) is 0. The summed E-state index contributed by atoms with van der Waals surface area (Å²) < 4.78 is 0. The maximum atomic E-state index is 6.19. The number of hydrogen-bond donors (Lipinski definition) is 1. The number of nitrogens with one attached hydrogen (secondary N) is 1. The van der Waals surface area contributed by atoms with Crippen molar-refractivity contribution in [3.05, 3.63) is 57.0 Å². The third-order valence-corrected chi connectivity index (χ3v) is 3.97. The molecule has 0 aliphatic carbocycles. The summed E-state index contributed by atoms with van der Waals surface area (Å²) in [5.41, 5.74) is 3.19. The van der Waals surface area contributed by atoms with E-state index in [0.717, 1.165) is 34.8 Å². The molecule has 0 spiro atoms. The topological polar surface area (TPSA) is 12.0 Å². The summed E-state index contributed by atoms with van der Waals surface area (Å²) in [6.07, 6.45) is 0. The van der Waals surface area contributed by atoms with Gasteiger partial charge in [-0.25, -0.2) is 0 Å². The van der Waals surface area contributed by atoms with Crippen molar-refractivity contribution in [3.63, 3.8) is 0 Å². The molecule has 0 amide bonds. The Balaban J connectivity index is 2.36. The van der Waals surface area contributed by atoms with Crippen LogP contribution in [-0.2, 0) is 6.54 Å². The Morgan fingerprint density at radius 2 is 1.47 bits per heavy atom. The minimum absolute atomic E-state index is 0.558. The average molecular weight is 315 g/mol. The van der Waals surface area contributed by atoms with E-state index >= 15 is 0 Å². The van der Waals surface area contributed by atoms with Gasteiger partial charge in [0.05, 0.1) is 10.0 Å². The maximum Gasteiger partial charge on any atom is 0.0598 e. The van der Waals surface area contributed by atoms with E-state index in [4.69, 9.17) is 34.8 Å². The molecule has 2 rings (SSSR count). The minimum atomic E-state index is 0.558. The highest BCUT2D eigenvalue weighted by Crippen LogP contribution is 2.30. The Morgan fingerprint density at radius 3 is 2.11 bits per heavy atom. The van der Waals surface area contributed by atoms with Crippen LogP contribution in [0.1, 0.15) is 12.5 Å². The smallest absolute Gasteiger partial charge is 0.0598 e. The second-order valence-electron chi connectivity index (χ2n) is 4.22. The van der Waals surface area contributed by atoms with Gasteiger partial charge in [0.15, 0.2) is 0 Å². The standard InChI is InChI=1S/C15H14Cl3N/c1-2-19-9-12-7-10(3-5-13(12)16)11-4-6-14(17)15(18)8-11/h3-8,19H,2,9H2,1H3. The lowest BCUT2D eigenvalue weighted by atomic mass is 10.0. The molecule has 19 heavy (non-hydrogen) atoms. The van der Waals surface area contributed by atoms with Gasteiger partial charge in [0, 0.05) is 11.6 Å². The van der Waals surface area contributed by atoms with Crippen LogP contribution in [-0.4, -0.2) is 6.54 Å². The summed E-state index contributed by atoms with van der Waals surface area (Å²) in [6.45, 7) is 3.73. The van der Waals surface area contributed by atoms with Gasteiger partial charge < -0.3 is 5.32 Å². The van der Waals surface area contributed by atoms with E-state index in [2.05, 4.69) is 18.3 Å². The molecule has 0 aromatic heterocycles. The molecular weight excluding hydrogens is 301 g/mol. The number of hydrogen-bond acceptors (Lipinski definition) is 1. The lowest BCUT2D eigenvalue weighted by Gasteiger charge is -2.09. The molecule has 0 radical (unpaired) electrons. The van der Waals surface area contributed by atoms with Crippen LogP contribution in [0.4, 0.5) is 0 Å². The van der Waals surface area contributed by atoms with Gasteiger partial charge >= 0.3 is 0 Å². The molecule has 2 aromatic carbocycles. The molecule has 0 unspecified atom stereocenters. The zero-order valence-corrected chi connectivity index (χ0v) is 12.8. The Morgan fingerprint density at radius 1 is 0.842 bits per heavy atom. The summed E-state index contributed by atoms with van der Waals surface area (Å²) in [5, 5.41) is 5.16. The molecule has 1 nitrogen and oxygen atoms in total. The van der Waals surface area contributed by atoms with Crippen molar-refractivity contribution in [2.75, 3.05) is 6.54 Å². The number of benzene rings is 2. The molecule has 1 N–H and O–H groups in total. The molecule has 0 fully saturated rings. The third kappa shape index (κ3) is 3.64. The Hall–Kier alpha value is -0.730. The van der Waals surface area contributed by atoms with Crippen molar-refractivity contribution in [1.29, 1.82) is 0 Å². The van der Waals surface area contributed by atoms with Gasteiger partial charge in [-0.05, 0) is 47.5 Å². The molecule has 0 aliphatic heterocycles. The van der Waals surface area contributed by atoms with Crippen molar-refractivity contribution in [2.45, 2.75) is 13.5 Å². The molecule has 0 saturated carbocycles. The molecule has 0 bridgehead atoms. The van der Waals surface area contributed by atoms with Crippen LogP contribution in [0.5, 0.6) is 0 Å². The van der Waals surface area contributed by atoms with E-state index in [9.17, 15) is 0 Å². The molecule has 100 valence electrons. The van der Waals surface area contributed by atoms with Crippen molar-refractivity contribution >= 4 is 34.8 Å². The first-order chi connectivity index (χ1) is 9.11. The second kappa shape index (κ2) is 6.62. The van der Waals surface area contributed by atoms with Gasteiger partial charge in [-0.15, -0.1) is 0 Å². The van der Waals surface area contributed by atoms with Crippen molar-refractivity contribution in [2.24, 2.45) is 0 Å². The van der Waals surface area contributed by atoms with E-state index in [-0.39, 0.29) is 0 Å². The lowest BCUT2D eigenvalue weighted by molar-refractivity contribution is 0.727. The highest BCUT2D eigenvalue weighted by atomic mass is 35.5. The largest absolute Gasteiger partial charge is 0.313 e. The Kier molecular flexibility index (Phi) is 5.12. The second-order valence-corrected chi connectivity index (χ2v) is 5.44. The van der Waals surface area contributed by atoms with Crippen LogP contribution < -0.4 is 5.32 Å². The molecule has 0 aliphatic rings. The maximum absolute atomic E-state index is 6.19. The van der Waals surface area contributed by atoms with E-state index in [1.165, 1.54) is 0 Å². The predicted octanol–water partition coefficient (Wildman–Crippen LogP) is 5.42. The van der Waals surface area contributed by atoms with Crippen LogP contribution in [0.15, 0.2) is 36.4 Å². The third-order valence-electron chi connectivity index (χ3n) is 2.86. The molecule has 4 heteroatoms. The first-order valence-corrected chi connectivity index (χ1v) is 7.19. The normalized spacial score (nSPS) is 10.7. The van der Waals surface area contributed by atoms with Gasteiger partial charge in [-0.2, -0.15) is 0 Å². The number of rotatable bonds is 4. The highest BCUT2D eigenvalue weighted by Gasteiger charge is 2.06. The summed E-state index contributed by atoms with van der Waals surface area (Å²) in [5.74, 6) is 0. The van der Waals surface area contributed by atoms with Crippen molar-refractivity contribution in [3.8, 4) is 11.1 Å².